The first-order chi connectivity index (χ1) is 35.2. The number of aromatic amines is 1. The van der Waals surface area contributed by atoms with E-state index in [-0.39, 0.29) is 5.82 Å². The van der Waals surface area contributed by atoms with E-state index in [0.29, 0.717) is 4.47 Å². The Balaban J connectivity index is 0.000000116. The molecule has 0 fully saturated rings. The van der Waals surface area contributed by atoms with Gasteiger partial charge in [0.05, 0.1) is 54.3 Å². The third-order valence-corrected chi connectivity index (χ3v) is 13.9. The molecule has 0 aliphatic heterocycles. The maximum Gasteiger partial charge on any atom is 0.220 e. The van der Waals surface area contributed by atoms with Gasteiger partial charge in [-0.2, -0.15) is 0 Å². The highest BCUT2D eigenvalue weighted by Gasteiger charge is 2.18. The van der Waals surface area contributed by atoms with Crippen molar-refractivity contribution in [1.82, 2.24) is 33.5 Å². The fraction of sp³-hybridized carbons (Fsp3) is 0. The lowest BCUT2D eigenvalue weighted by molar-refractivity contribution is 0.621. The minimum absolute atomic E-state index is 0.238. The van der Waals surface area contributed by atoms with Crippen LogP contribution >= 0.6 is 79.6 Å². The van der Waals surface area contributed by atoms with Gasteiger partial charge in [0, 0.05) is 35.0 Å². The summed E-state index contributed by atoms with van der Waals surface area (Å²) in [6.07, 6.45) is 0. The first-order valence-corrected chi connectivity index (χ1v) is 26.4. The van der Waals surface area contributed by atoms with Gasteiger partial charge in [0.25, 0.3) is 0 Å². The van der Waals surface area contributed by atoms with Crippen LogP contribution in [-0.4, -0.2) is 33.5 Å². The summed E-state index contributed by atoms with van der Waals surface area (Å²) in [7, 11) is 0. The van der Waals surface area contributed by atoms with E-state index in [9.17, 15) is 4.39 Å². The SMILES string of the molecule is Brc1ccc(-n2c(Nc3ccccc3)nc3ccccc32)c(Br)c1.Brc1ccc2c(c1)n(-c1ccccc1)c1nc3ccccc3n21.Fc1ccc(Br)cc1Br.c1ccc(Nc2nc3ccccc3[nH]2)cc1. The Bertz CT molecular complexity index is 3940. The molecular formula is C57H39Br5FN9. The summed E-state index contributed by atoms with van der Waals surface area (Å²) >= 11 is 17.0. The number of para-hydroxylation sites is 9. The van der Waals surface area contributed by atoms with E-state index in [1.165, 1.54) is 6.07 Å². The molecule has 0 aliphatic carbocycles. The molecule has 0 amide bonds. The predicted octanol–water partition coefficient (Wildman–Crippen LogP) is 18.1. The first kappa shape index (κ1) is 48.7. The number of nitrogens with zero attached hydrogens (tertiary/aromatic N) is 6. The summed E-state index contributed by atoms with van der Waals surface area (Å²) in [5, 5.41) is 6.65. The molecule has 0 saturated heterocycles. The normalized spacial score (nSPS) is 10.9. The molecule has 13 aromatic rings. The van der Waals surface area contributed by atoms with E-state index in [4.69, 9.17) is 9.97 Å². The van der Waals surface area contributed by atoms with Gasteiger partial charge in [-0.1, -0.05) is 139 Å². The van der Waals surface area contributed by atoms with Gasteiger partial charge in [0.1, 0.15) is 5.82 Å². The molecule has 354 valence electrons. The zero-order valence-corrected chi connectivity index (χ0v) is 45.7. The molecular weight excluding hydrogens is 1230 g/mol. The number of nitrogens with one attached hydrogen (secondary N) is 3. The van der Waals surface area contributed by atoms with Crippen LogP contribution in [0.3, 0.4) is 0 Å². The molecule has 0 saturated carbocycles. The molecule has 13 rings (SSSR count). The number of benzene rings is 9. The Labute approximate surface area is 455 Å². The van der Waals surface area contributed by atoms with E-state index >= 15 is 0 Å². The number of fused-ring (bicyclic) bond motifs is 7. The summed E-state index contributed by atoms with van der Waals surface area (Å²) in [6.45, 7) is 0. The van der Waals surface area contributed by atoms with Crippen molar-refractivity contribution >= 4 is 153 Å². The summed E-state index contributed by atoms with van der Waals surface area (Å²) in [6, 6.07) is 72.0. The fourth-order valence-corrected chi connectivity index (χ4v) is 10.6. The van der Waals surface area contributed by atoms with Gasteiger partial charge in [-0.05, 0) is 159 Å². The van der Waals surface area contributed by atoms with Crippen molar-refractivity contribution in [3.05, 3.63) is 247 Å². The van der Waals surface area contributed by atoms with Gasteiger partial charge < -0.3 is 15.6 Å². The lowest BCUT2D eigenvalue weighted by Crippen LogP contribution is -2.02. The Morgan fingerprint density at radius 1 is 0.417 bits per heavy atom. The van der Waals surface area contributed by atoms with Crippen LogP contribution in [-0.2, 0) is 0 Å². The molecule has 0 atom stereocenters. The van der Waals surface area contributed by atoms with Crippen LogP contribution in [0.1, 0.15) is 0 Å². The van der Waals surface area contributed by atoms with E-state index in [1.807, 2.05) is 127 Å². The average Bonchev–Trinajstić information content (AvgIpc) is 4.16. The third kappa shape index (κ3) is 11.0. The highest BCUT2D eigenvalue weighted by molar-refractivity contribution is 9.11. The lowest BCUT2D eigenvalue weighted by atomic mass is 10.2. The molecule has 9 aromatic carbocycles. The molecule has 0 unspecified atom stereocenters. The van der Waals surface area contributed by atoms with E-state index in [1.54, 1.807) is 12.1 Å². The Hall–Kier alpha value is -6.88. The van der Waals surface area contributed by atoms with Crippen LogP contribution in [0, 0.1) is 5.82 Å². The van der Waals surface area contributed by atoms with Crippen molar-refractivity contribution in [1.29, 1.82) is 0 Å². The second-order valence-corrected chi connectivity index (χ2v) is 20.5. The van der Waals surface area contributed by atoms with Crippen molar-refractivity contribution < 1.29 is 4.39 Å². The van der Waals surface area contributed by atoms with Crippen molar-refractivity contribution in [3.8, 4) is 11.4 Å². The average molecular weight is 1270 g/mol. The number of halogens is 6. The molecule has 0 radical (unpaired) electrons. The van der Waals surface area contributed by atoms with Gasteiger partial charge in [-0.3, -0.25) is 13.5 Å². The van der Waals surface area contributed by atoms with Gasteiger partial charge in [-0.25, -0.2) is 19.3 Å². The summed E-state index contributed by atoms with van der Waals surface area (Å²) in [5.41, 5.74) is 12.6. The smallest absolute Gasteiger partial charge is 0.220 e. The zero-order chi connectivity index (χ0) is 49.6. The number of anilines is 4. The molecule has 4 aromatic heterocycles. The van der Waals surface area contributed by atoms with Crippen molar-refractivity contribution in [2.24, 2.45) is 0 Å². The summed E-state index contributed by atoms with van der Waals surface area (Å²) in [4.78, 5) is 17.3. The van der Waals surface area contributed by atoms with Crippen molar-refractivity contribution in [2.75, 3.05) is 10.6 Å². The zero-order valence-electron chi connectivity index (χ0n) is 37.7. The van der Waals surface area contributed by atoms with Crippen LogP contribution in [0.2, 0.25) is 0 Å². The third-order valence-electron chi connectivity index (χ3n) is 11.2. The highest BCUT2D eigenvalue weighted by atomic mass is 79.9. The largest absolute Gasteiger partial charge is 0.326 e. The van der Waals surface area contributed by atoms with Gasteiger partial charge >= 0.3 is 0 Å². The van der Waals surface area contributed by atoms with Gasteiger partial charge in [0.2, 0.25) is 17.7 Å². The van der Waals surface area contributed by atoms with Gasteiger partial charge in [0.15, 0.2) is 0 Å². The minimum Gasteiger partial charge on any atom is -0.326 e. The molecule has 0 spiro atoms. The number of hydrogen-bond donors (Lipinski definition) is 3. The molecule has 0 aliphatic rings. The van der Waals surface area contributed by atoms with E-state index in [0.717, 1.165) is 102 Å². The Morgan fingerprint density at radius 2 is 0.958 bits per heavy atom. The quantitative estimate of drug-likeness (QED) is 0.144. The monoisotopic (exact) mass is 1260 g/mol. The first-order valence-electron chi connectivity index (χ1n) is 22.4. The maximum atomic E-state index is 12.4. The van der Waals surface area contributed by atoms with Crippen LogP contribution in [0.5, 0.6) is 0 Å². The number of hydrogen-bond acceptors (Lipinski definition) is 5. The Kier molecular flexibility index (Phi) is 15.1. The van der Waals surface area contributed by atoms with Crippen LogP contribution in [0.15, 0.2) is 241 Å². The second kappa shape index (κ2) is 22.3. The molecule has 0 bridgehead atoms. The number of imidazole rings is 4. The number of aromatic nitrogens is 7. The van der Waals surface area contributed by atoms with Crippen LogP contribution in [0.25, 0.3) is 61.3 Å². The molecule has 72 heavy (non-hydrogen) atoms. The fourth-order valence-electron chi connectivity index (χ4n) is 8.01. The maximum absolute atomic E-state index is 12.4. The molecule has 15 heteroatoms. The molecule has 3 N–H and O–H groups in total. The number of rotatable bonds is 6. The molecule has 4 heterocycles. The van der Waals surface area contributed by atoms with E-state index in [2.05, 4.69) is 187 Å². The lowest BCUT2D eigenvalue weighted by Gasteiger charge is -2.13. The summed E-state index contributed by atoms with van der Waals surface area (Å²) in [5.74, 6) is 2.25. The Morgan fingerprint density at radius 3 is 1.61 bits per heavy atom. The standard InChI is InChI=1S/C19H13Br2N3.C19H12BrN3.C13H11N3.C6H3Br2F/c20-13-10-11-17(15(21)12-13)24-18-9-5-4-8-16(18)23-19(24)22-14-6-2-1-3-7-14;20-13-10-11-17-18(12-13)22(14-6-2-1-3-7-14)19-21-15-8-4-5-9-16(15)23(17)19;1-2-6-10(7-3-1)14-13-15-11-8-4-5-9-12(11)16-13;7-4-1-2-6(9)5(8)3-4/h1-12H,(H,22,23);1-12H;1-9H,(H2,14,15,16);1-3H. The summed E-state index contributed by atoms with van der Waals surface area (Å²) < 4.78 is 23.4. The topological polar surface area (TPSA) is 92.8 Å². The van der Waals surface area contributed by atoms with Crippen LogP contribution < -0.4 is 10.6 Å². The second-order valence-electron chi connectivity index (χ2n) is 16.0. The molecule has 9 nitrogen and oxygen atoms in total. The minimum atomic E-state index is -0.238. The van der Waals surface area contributed by atoms with Gasteiger partial charge in [-0.15, -0.1) is 0 Å². The van der Waals surface area contributed by atoms with Crippen LogP contribution in [0.4, 0.5) is 27.7 Å². The number of H-pyrrole nitrogens is 1. The predicted molar refractivity (Wildman–Crippen MR) is 311 cm³/mol. The van der Waals surface area contributed by atoms with Crippen molar-refractivity contribution in [2.45, 2.75) is 0 Å². The van der Waals surface area contributed by atoms with E-state index < -0.39 is 0 Å². The van der Waals surface area contributed by atoms with Crippen molar-refractivity contribution in [3.63, 3.8) is 0 Å². The highest BCUT2D eigenvalue weighted by Crippen LogP contribution is 2.34.